The maximum Gasteiger partial charge on any atom is 0.407 e. The lowest BCUT2D eigenvalue weighted by Crippen LogP contribution is -2.56. The summed E-state index contributed by atoms with van der Waals surface area (Å²) in [5.41, 5.74) is 6.05. The molecular formula is C21H26N6O3. The second kappa shape index (κ2) is 8.06. The molecule has 1 aliphatic rings. The van der Waals surface area contributed by atoms with Crippen LogP contribution < -0.4 is 11.1 Å². The van der Waals surface area contributed by atoms with Crippen LogP contribution in [-0.2, 0) is 0 Å². The second-order valence-electron chi connectivity index (χ2n) is 8.52. The van der Waals surface area contributed by atoms with Crippen molar-refractivity contribution in [2.75, 3.05) is 11.9 Å². The molecule has 158 valence electrons. The highest BCUT2D eigenvalue weighted by molar-refractivity contribution is 5.98. The van der Waals surface area contributed by atoms with Gasteiger partial charge in [-0.05, 0) is 24.0 Å². The molecule has 0 aliphatic carbocycles. The summed E-state index contributed by atoms with van der Waals surface area (Å²) in [7, 11) is 0. The van der Waals surface area contributed by atoms with Crippen molar-refractivity contribution in [2.45, 2.75) is 39.3 Å². The van der Waals surface area contributed by atoms with Crippen molar-refractivity contribution in [3.8, 4) is 6.07 Å². The van der Waals surface area contributed by atoms with Crippen LogP contribution in [-0.4, -0.2) is 44.4 Å². The van der Waals surface area contributed by atoms with Crippen LogP contribution in [0.5, 0.6) is 0 Å². The second-order valence-corrected chi connectivity index (χ2v) is 8.52. The molecule has 1 aliphatic heterocycles. The predicted octanol–water partition coefficient (Wildman–Crippen LogP) is 3.20. The molecule has 2 amide bonds. The average Bonchev–Trinajstić information content (AvgIpc) is 3.10. The Morgan fingerprint density at radius 1 is 1.30 bits per heavy atom. The summed E-state index contributed by atoms with van der Waals surface area (Å²) in [6, 6.07) is 10.6. The monoisotopic (exact) mass is 410 g/mol. The number of likely N-dealkylation sites (tertiary alicyclic amines) is 1. The molecule has 0 saturated carbocycles. The molecule has 4 N–H and O–H groups in total. The van der Waals surface area contributed by atoms with Gasteiger partial charge in [0.2, 0.25) is 0 Å². The van der Waals surface area contributed by atoms with Gasteiger partial charge in [-0.25, -0.2) is 4.79 Å². The Hall–Kier alpha value is -3.54. The van der Waals surface area contributed by atoms with Crippen LogP contribution in [0.4, 0.5) is 16.3 Å². The van der Waals surface area contributed by atoms with Crippen LogP contribution in [0, 0.1) is 22.7 Å². The molecule has 2 aromatic rings. The van der Waals surface area contributed by atoms with E-state index in [-0.39, 0.29) is 18.2 Å². The summed E-state index contributed by atoms with van der Waals surface area (Å²) in [5, 5.41) is 27.2. The first kappa shape index (κ1) is 21.2. The number of carboxylic acid groups (broad SMARTS) is 1. The molecule has 1 fully saturated rings. The molecule has 9 heteroatoms. The Morgan fingerprint density at radius 3 is 2.50 bits per heavy atom. The lowest BCUT2D eigenvalue weighted by molar-refractivity contribution is 0.0153. The zero-order chi connectivity index (χ0) is 22.1. The third kappa shape index (κ3) is 4.08. The highest BCUT2D eigenvalue weighted by atomic mass is 16.4. The summed E-state index contributed by atoms with van der Waals surface area (Å²) in [6.07, 6.45) is 0.902. The maximum atomic E-state index is 12.0. The summed E-state index contributed by atoms with van der Waals surface area (Å²) >= 11 is 0. The van der Waals surface area contributed by atoms with Gasteiger partial charge in [0.1, 0.15) is 5.56 Å². The zero-order valence-corrected chi connectivity index (χ0v) is 17.2. The van der Waals surface area contributed by atoms with E-state index in [2.05, 4.69) is 16.5 Å². The van der Waals surface area contributed by atoms with Crippen LogP contribution in [0.1, 0.15) is 43.6 Å². The maximum absolute atomic E-state index is 12.0. The summed E-state index contributed by atoms with van der Waals surface area (Å²) in [6.45, 7) is 6.02. The smallest absolute Gasteiger partial charge is 0.407 e. The number of benzene rings is 1. The number of nitrogens with one attached hydrogen (secondary N) is 1. The molecule has 1 unspecified atom stereocenters. The lowest BCUT2D eigenvalue weighted by Gasteiger charge is -2.47. The van der Waals surface area contributed by atoms with E-state index in [0.717, 1.165) is 5.69 Å². The van der Waals surface area contributed by atoms with Crippen molar-refractivity contribution in [1.82, 2.24) is 14.7 Å². The third-order valence-corrected chi connectivity index (χ3v) is 5.41. The average molecular weight is 410 g/mol. The Morgan fingerprint density at radius 2 is 1.97 bits per heavy atom. The van der Waals surface area contributed by atoms with E-state index in [1.807, 2.05) is 51.1 Å². The van der Waals surface area contributed by atoms with Crippen LogP contribution in [0.3, 0.4) is 0 Å². The van der Waals surface area contributed by atoms with E-state index in [1.165, 1.54) is 4.90 Å². The molecule has 1 saturated heterocycles. The molecule has 1 aromatic heterocycles. The number of carbonyl (C=O) groups is 2. The molecule has 1 aromatic carbocycles. The van der Waals surface area contributed by atoms with Crippen molar-refractivity contribution in [3.05, 3.63) is 42.1 Å². The number of rotatable bonds is 4. The lowest BCUT2D eigenvalue weighted by atomic mass is 9.72. The van der Waals surface area contributed by atoms with E-state index < -0.39 is 29.4 Å². The Bertz CT molecular complexity index is 973. The Labute approximate surface area is 175 Å². The number of para-hydroxylation sites is 1. The Kier molecular flexibility index (Phi) is 5.69. The standard InChI is InChI=1S/C21H26N6O3/c1-21(2,3)17-14(11-22)16(9-10-26(17)20(29)30)27-12-15(18(23)28)19(25-27)24-13-7-5-4-6-8-13/h4-8,12,14,16-17H,9-10H2,1-3H3,(H2,23,28)(H,24,25)(H,29,30)/t14-,16-,17?/m1/s1. The van der Waals surface area contributed by atoms with E-state index >= 15 is 0 Å². The van der Waals surface area contributed by atoms with Crippen LogP contribution in [0.15, 0.2) is 36.5 Å². The van der Waals surface area contributed by atoms with Crippen molar-refractivity contribution in [2.24, 2.45) is 17.1 Å². The molecule has 30 heavy (non-hydrogen) atoms. The van der Waals surface area contributed by atoms with E-state index in [1.54, 1.807) is 10.9 Å². The number of hydrogen-bond acceptors (Lipinski definition) is 5. The van der Waals surface area contributed by atoms with Crippen LogP contribution in [0.2, 0.25) is 0 Å². The fourth-order valence-corrected chi connectivity index (χ4v) is 4.16. The number of hydrogen-bond donors (Lipinski definition) is 3. The molecule has 3 rings (SSSR count). The number of aromatic nitrogens is 2. The molecule has 2 heterocycles. The predicted molar refractivity (Wildman–Crippen MR) is 111 cm³/mol. The molecule has 9 nitrogen and oxygen atoms in total. The van der Waals surface area contributed by atoms with Crippen molar-refractivity contribution in [1.29, 1.82) is 5.26 Å². The quantitative estimate of drug-likeness (QED) is 0.708. The topological polar surface area (TPSA) is 137 Å². The van der Waals surface area contributed by atoms with Gasteiger partial charge in [-0.15, -0.1) is 0 Å². The normalized spacial score (nSPS) is 21.7. The van der Waals surface area contributed by atoms with E-state index in [9.17, 15) is 20.0 Å². The highest BCUT2D eigenvalue weighted by Gasteiger charge is 2.47. The molecule has 0 radical (unpaired) electrons. The minimum atomic E-state index is -1.04. The number of piperidine rings is 1. The highest BCUT2D eigenvalue weighted by Crippen LogP contribution is 2.41. The number of nitrogens with two attached hydrogens (primary N) is 1. The van der Waals surface area contributed by atoms with Gasteiger partial charge in [0.25, 0.3) is 5.91 Å². The molecule has 0 bridgehead atoms. The summed E-state index contributed by atoms with van der Waals surface area (Å²) < 4.78 is 1.58. The van der Waals surface area contributed by atoms with Gasteiger partial charge in [-0.1, -0.05) is 39.0 Å². The van der Waals surface area contributed by atoms with Gasteiger partial charge in [0.05, 0.1) is 24.1 Å². The molecule has 3 atom stereocenters. The fourth-order valence-electron chi connectivity index (χ4n) is 4.16. The Balaban J connectivity index is 2.00. The van der Waals surface area contributed by atoms with E-state index in [0.29, 0.717) is 12.2 Å². The van der Waals surface area contributed by atoms with Gasteiger partial charge >= 0.3 is 6.09 Å². The van der Waals surface area contributed by atoms with Gasteiger partial charge in [-0.2, -0.15) is 10.4 Å². The number of nitriles is 1. The van der Waals surface area contributed by atoms with Crippen molar-refractivity contribution < 1.29 is 14.7 Å². The number of anilines is 2. The zero-order valence-electron chi connectivity index (χ0n) is 17.2. The van der Waals surface area contributed by atoms with Gasteiger partial charge in [0.15, 0.2) is 5.82 Å². The van der Waals surface area contributed by atoms with Crippen molar-refractivity contribution >= 4 is 23.5 Å². The number of nitrogens with zero attached hydrogens (tertiary/aromatic N) is 4. The minimum absolute atomic E-state index is 0.212. The number of amides is 2. The summed E-state index contributed by atoms with van der Waals surface area (Å²) in [4.78, 5) is 25.1. The molecular weight excluding hydrogens is 384 g/mol. The number of primary amides is 1. The van der Waals surface area contributed by atoms with E-state index in [4.69, 9.17) is 5.73 Å². The first-order valence-corrected chi connectivity index (χ1v) is 9.73. The van der Waals surface area contributed by atoms with Gasteiger partial charge in [0, 0.05) is 18.4 Å². The van der Waals surface area contributed by atoms with Crippen molar-refractivity contribution in [3.63, 3.8) is 0 Å². The van der Waals surface area contributed by atoms with Gasteiger partial charge in [-0.3, -0.25) is 9.48 Å². The van der Waals surface area contributed by atoms with Crippen LogP contribution >= 0.6 is 0 Å². The third-order valence-electron chi connectivity index (χ3n) is 5.41. The minimum Gasteiger partial charge on any atom is -0.465 e. The largest absolute Gasteiger partial charge is 0.465 e. The number of carbonyl (C=O) groups excluding carboxylic acids is 1. The first-order chi connectivity index (χ1) is 14.1. The van der Waals surface area contributed by atoms with Gasteiger partial charge < -0.3 is 21.1 Å². The summed E-state index contributed by atoms with van der Waals surface area (Å²) in [5.74, 6) is -0.970. The molecule has 0 spiro atoms. The first-order valence-electron chi connectivity index (χ1n) is 9.73. The SMILES string of the molecule is CC(C)(C)C1[C@H](C#N)[C@H](n2cc(C(N)=O)c(Nc3ccccc3)n2)CCN1C(=O)O. The van der Waals surface area contributed by atoms with Crippen LogP contribution in [0.25, 0.3) is 0 Å². The fraction of sp³-hybridized carbons (Fsp3) is 0.429.